The molecule has 0 fully saturated rings. The Kier molecular flexibility index (Phi) is 9.42. The Morgan fingerprint density at radius 2 is 1.65 bits per heavy atom. The highest BCUT2D eigenvalue weighted by atomic mass is 32.2. The van der Waals surface area contributed by atoms with Crippen LogP contribution in [0.3, 0.4) is 0 Å². The zero-order valence-corrected chi connectivity index (χ0v) is 21.1. The largest absolute Gasteiger partial charge is 0.494 e. The van der Waals surface area contributed by atoms with Crippen molar-refractivity contribution in [2.24, 2.45) is 0 Å². The lowest BCUT2D eigenvalue weighted by Gasteiger charge is -2.24. The second-order valence-electron chi connectivity index (χ2n) is 7.58. The molecule has 0 aromatic heterocycles. The molecule has 0 atom stereocenters. The third kappa shape index (κ3) is 7.01. The summed E-state index contributed by atoms with van der Waals surface area (Å²) < 4.78 is 33.4. The zero-order chi connectivity index (χ0) is 24.4. The van der Waals surface area contributed by atoms with Crippen LogP contribution < -0.4 is 14.4 Å². The molecule has 0 saturated heterocycles. The average Bonchev–Trinajstić information content (AvgIpc) is 2.84. The molecule has 1 amide bonds. The van der Waals surface area contributed by atoms with Crippen LogP contribution in [0.4, 0.5) is 5.69 Å². The first-order valence-corrected chi connectivity index (χ1v) is 13.7. The third-order valence-corrected chi connectivity index (χ3v) is 7.94. The number of aryl methyl sites for hydroxylation is 1. The molecule has 0 spiro atoms. The molecule has 3 aromatic carbocycles. The first-order valence-electron chi connectivity index (χ1n) is 11.1. The van der Waals surface area contributed by atoms with E-state index in [4.69, 9.17) is 4.74 Å². The Bertz CT molecular complexity index is 1170. The Morgan fingerprint density at radius 1 is 0.971 bits per heavy atom. The standard InChI is InChI=1S/C26H30N2O4S2/c1-3-32-24-13-15-25(16-14-24)34(30,31)28(23-11-5-4-6-12-23)19-26(29)27-17-18-33-20-22-10-8-7-9-21(22)2/h4-16H,3,17-20H2,1-2H3,(H,27,29). The molecule has 6 nitrogen and oxygen atoms in total. The molecular weight excluding hydrogens is 468 g/mol. The van der Waals surface area contributed by atoms with Gasteiger partial charge in [-0.25, -0.2) is 8.42 Å². The van der Waals surface area contributed by atoms with Crippen molar-refractivity contribution in [1.82, 2.24) is 5.32 Å². The zero-order valence-electron chi connectivity index (χ0n) is 19.4. The number of hydrogen-bond acceptors (Lipinski definition) is 5. The molecule has 0 heterocycles. The maximum absolute atomic E-state index is 13.4. The van der Waals surface area contributed by atoms with Crippen LogP contribution in [0, 0.1) is 6.92 Å². The molecule has 0 unspecified atom stereocenters. The van der Waals surface area contributed by atoms with Crippen molar-refractivity contribution < 1.29 is 17.9 Å². The highest BCUT2D eigenvalue weighted by molar-refractivity contribution is 7.98. The number of thioether (sulfide) groups is 1. The van der Waals surface area contributed by atoms with Gasteiger partial charge < -0.3 is 10.1 Å². The van der Waals surface area contributed by atoms with Gasteiger partial charge in [-0.2, -0.15) is 11.8 Å². The monoisotopic (exact) mass is 498 g/mol. The summed E-state index contributed by atoms with van der Waals surface area (Å²) in [4.78, 5) is 12.8. The number of benzene rings is 3. The molecule has 3 rings (SSSR count). The summed E-state index contributed by atoms with van der Waals surface area (Å²) in [6.45, 7) is 4.59. The van der Waals surface area contributed by atoms with Crippen molar-refractivity contribution >= 4 is 33.4 Å². The van der Waals surface area contributed by atoms with Gasteiger partial charge in [0.2, 0.25) is 5.91 Å². The molecule has 0 aliphatic carbocycles. The molecule has 3 aromatic rings. The highest BCUT2D eigenvalue weighted by Gasteiger charge is 2.27. The first kappa shape index (κ1) is 25.6. The van der Waals surface area contributed by atoms with E-state index in [1.54, 1.807) is 54.2 Å². The number of carbonyl (C=O) groups excluding carboxylic acids is 1. The van der Waals surface area contributed by atoms with E-state index in [1.807, 2.05) is 19.1 Å². The number of nitrogens with one attached hydrogen (secondary N) is 1. The smallest absolute Gasteiger partial charge is 0.264 e. The maximum Gasteiger partial charge on any atom is 0.264 e. The van der Waals surface area contributed by atoms with E-state index in [2.05, 4.69) is 24.4 Å². The molecule has 0 aliphatic rings. The predicted octanol–water partition coefficient (Wildman–Crippen LogP) is 4.64. The van der Waals surface area contributed by atoms with E-state index in [0.29, 0.717) is 24.6 Å². The fourth-order valence-corrected chi connectivity index (χ4v) is 5.67. The number of para-hydroxylation sites is 1. The normalized spacial score (nSPS) is 11.1. The van der Waals surface area contributed by atoms with Gasteiger partial charge in [-0.1, -0.05) is 42.5 Å². The number of rotatable bonds is 12. The lowest BCUT2D eigenvalue weighted by atomic mass is 10.1. The van der Waals surface area contributed by atoms with Crippen LogP contribution in [-0.2, 0) is 20.6 Å². The van der Waals surface area contributed by atoms with Crippen LogP contribution in [0.15, 0.2) is 83.8 Å². The average molecular weight is 499 g/mol. The molecule has 180 valence electrons. The van der Waals surface area contributed by atoms with Crippen molar-refractivity contribution in [2.75, 3.05) is 29.8 Å². The van der Waals surface area contributed by atoms with Crippen LogP contribution in [-0.4, -0.2) is 39.8 Å². The van der Waals surface area contributed by atoms with Gasteiger partial charge in [-0.15, -0.1) is 0 Å². The van der Waals surface area contributed by atoms with E-state index in [9.17, 15) is 13.2 Å². The summed E-state index contributed by atoms with van der Waals surface area (Å²) in [6.07, 6.45) is 0. The van der Waals surface area contributed by atoms with Gasteiger partial charge in [0.05, 0.1) is 17.2 Å². The Balaban J connectivity index is 1.63. The van der Waals surface area contributed by atoms with E-state index in [0.717, 1.165) is 15.8 Å². The highest BCUT2D eigenvalue weighted by Crippen LogP contribution is 2.25. The second-order valence-corrected chi connectivity index (χ2v) is 10.5. The van der Waals surface area contributed by atoms with Crippen LogP contribution >= 0.6 is 11.8 Å². The molecule has 1 N–H and O–H groups in total. The number of ether oxygens (including phenoxy) is 1. The molecule has 0 saturated carbocycles. The predicted molar refractivity (Wildman–Crippen MR) is 139 cm³/mol. The van der Waals surface area contributed by atoms with Gasteiger partial charge in [0, 0.05) is 18.1 Å². The third-order valence-electron chi connectivity index (χ3n) is 5.14. The molecule has 0 radical (unpaired) electrons. The fraction of sp³-hybridized carbons (Fsp3) is 0.269. The molecule has 34 heavy (non-hydrogen) atoms. The maximum atomic E-state index is 13.4. The van der Waals surface area contributed by atoms with Crippen LogP contribution in [0.1, 0.15) is 18.1 Å². The Morgan fingerprint density at radius 3 is 2.32 bits per heavy atom. The number of carbonyl (C=O) groups is 1. The second kappa shape index (κ2) is 12.5. The van der Waals surface area contributed by atoms with Crippen LogP contribution in [0.2, 0.25) is 0 Å². The van der Waals surface area contributed by atoms with Crippen molar-refractivity contribution in [1.29, 1.82) is 0 Å². The summed E-state index contributed by atoms with van der Waals surface area (Å²) in [5, 5.41) is 2.85. The van der Waals surface area contributed by atoms with E-state index >= 15 is 0 Å². The van der Waals surface area contributed by atoms with Crippen molar-refractivity contribution in [3.8, 4) is 5.75 Å². The minimum atomic E-state index is -3.95. The topological polar surface area (TPSA) is 75.7 Å². The van der Waals surface area contributed by atoms with Crippen LogP contribution in [0.5, 0.6) is 5.75 Å². The summed E-state index contributed by atoms with van der Waals surface area (Å²) in [5.41, 5.74) is 2.95. The summed E-state index contributed by atoms with van der Waals surface area (Å²) in [6, 6.07) is 23.1. The first-order chi connectivity index (χ1) is 16.4. The van der Waals surface area contributed by atoms with E-state index in [1.165, 1.54) is 23.3 Å². The number of anilines is 1. The minimum Gasteiger partial charge on any atom is -0.494 e. The summed E-state index contributed by atoms with van der Waals surface area (Å²) in [5.74, 6) is 1.84. The quantitative estimate of drug-likeness (QED) is 0.368. The number of hydrogen-bond donors (Lipinski definition) is 1. The SMILES string of the molecule is CCOc1ccc(S(=O)(=O)N(CC(=O)NCCSCc2ccccc2C)c2ccccc2)cc1. The van der Waals surface area contributed by atoms with Crippen molar-refractivity contribution in [2.45, 2.75) is 24.5 Å². The molecule has 0 aliphatic heterocycles. The number of sulfonamides is 1. The van der Waals surface area contributed by atoms with Crippen molar-refractivity contribution in [3.63, 3.8) is 0 Å². The lowest BCUT2D eigenvalue weighted by molar-refractivity contribution is -0.119. The number of amides is 1. The molecule has 8 heteroatoms. The molecule has 0 bridgehead atoms. The number of nitrogens with zero attached hydrogens (tertiary/aromatic N) is 1. The van der Waals surface area contributed by atoms with Gasteiger partial charge in [0.15, 0.2) is 0 Å². The Hall–Kier alpha value is -2.97. The summed E-state index contributed by atoms with van der Waals surface area (Å²) in [7, 11) is -3.95. The van der Waals surface area contributed by atoms with Gasteiger partial charge in [0.25, 0.3) is 10.0 Å². The summed E-state index contributed by atoms with van der Waals surface area (Å²) >= 11 is 1.73. The fourth-order valence-electron chi connectivity index (χ4n) is 3.31. The van der Waals surface area contributed by atoms with Gasteiger partial charge in [0.1, 0.15) is 12.3 Å². The van der Waals surface area contributed by atoms with Gasteiger partial charge >= 0.3 is 0 Å². The van der Waals surface area contributed by atoms with E-state index < -0.39 is 10.0 Å². The molecular formula is C26H30N2O4S2. The minimum absolute atomic E-state index is 0.0985. The van der Waals surface area contributed by atoms with Crippen LogP contribution in [0.25, 0.3) is 0 Å². The van der Waals surface area contributed by atoms with Crippen molar-refractivity contribution in [3.05, 3.63) is 90.0 Å². The van der Waals surface area contributed by atoms with Gasteiger partial charge in [-0.05, 0) is 61.4 Å². The van der Waals surface area contributed by atoms with Gasteiger partial charge in [-0.3, -0.25) is 9.10 Å². The van der Waals surface area contributed by atoms with E-state index in [-0.39, 0.29) is 17.3 Å². The lowest BCUT2D eigenvalue weighted by Crippen LogP contribution is -2.41. The Labute approximate surface area is 206 Å².